The summed E-state index contributed by atoms with van der Waals surface area (Å²) in [6.45, 7) is 4.46. The molecule has 0 bridgehead atoms. The van der Waals surface area contributed by atoms with E-state index in [1.54, 1.807) is 19.1 Å². The van der Waals surface area contributed by atoms with E-state index in [1.165, 1.54) is 33.3 Å². The fourth-order valence-electron chi connectivity index (χ4n) is 3.07. The van der Waals surface area contributed by atoms with E-state index in [9.17, 15) is 26.4 Å². The first-order chi connectivity index (χ1) is 14.8. The Bertz CT molecular complexity index is 1300. The van der Waals surface area contributed by atoms with Crippen molar-refractivity contribution in [3.05, 3.63) is 47.7 Å². The van der Waals surface area contributed by atoms with Crippen molar-refractivity contribution in [2.75, 3.05) is 10.0 Å². The SMILES string of the molecule is CC(=O)Nc1cc(-c2cnc(C)c(NS(=O)(=O)c3cn(C)nc3C(F)(F)F)c2C)ccn1. The van der Waals surface area contributed by atoms with Gasteiger partial charge in [-0.15, -0.1) is 0 Å². The highest BCUT2D eigenvalue weighted by Crippen LogP contribution is 2.35. The summed E-state index contributed by atoms with van der Waals surface area (Å²) >= 11 is 0. The van der Waals surface area contributed by atoms with Crippen LogP contribution < -0.4 is 10.0 Å². The molecule has 0 aromatic carbocycles. The lowest BCUT2D eigenvalue weighted by Gasteiger charge is -2.16. The molecule has 0 saturated carbocycles. The number of sulfonamides is 1. The van der Waals surface area contributed by atoms with Crippen LogP contribution in [0.15, 0.2) is 35.6 Å². The van der Waals surface area contributed by atoms with Crippen molar-refractivity contribution in [2.24, 2.45) is 7.05 Å². The van der Waals surface area contributed by atoms with Crippen LogP contribution in [0.1, 0.15) is 23.9 Å². The number of carbonyl (C=O) groups excluding carboxylic acids is 1. The Hall–Kier alpha value is -3.48. The van der Waals surface area contributed by atoms with Gasteiger partial charge in [0.1, 0.15) is 10.7 Å². The summed E-state index contributed by atoms with van der Waals surface area (Å²) < 4.78 is 68.6. The predicted octanol–water partition coefficient (Wildman–Crippen LogP) is 3.27. The number of hydrogen-bond donors (Lipinski definition) is 2. The highest BCUT2D eigenvalue weighted by molar-refractivity contribution is 7.92. The van der Waals surface area contributed by atoms with Gasteiger partial charge in [-0.3, -0.25) is 19.2 Å². The molecule has 0 fully saturated rings. The lowest BCUT2D eigenvalue weighted by Crippen LogP contribution is -2.19. The molecule has 0 atom stereocenters. The number of aromatic nitrogens is 4. The minimum Gasteiger partial charge on any atom is -0.311 e. The van der Waals surface area contributed by atoms with E-state index in [0.29, 0.717) is 16.7 Å². The zero-order valence-corrected chi connectivity index (χ0v) is 18.3. The molecule has 0 aliphatic carbocycles. The molecule has 9 nitrogen and oxygen atoms in total. The van der Waals surface area contributed by atoms with E-state index in [-0.39, 0.29) is 23.1 Å². The standard InChI is InChI=1S/C19H19F3N6O3S/c1-10-14(13-5-6-23-16(7-13)25-12(3)29)8-24-11(2)17(10)27-32(30,31)15-9-28(4)26-18(15)19(20,21)22/h5-9,27H,1-4H3,(H,23,25,29). The Morgan fingerprint density at radius 3 is 2.50 bits per heavy atom. The minimum absolute atomic E-state index is 0.0392. The highest BCUT2D eigenvalue weighted by atomic mass is 32.2. The van der Waals surface area contributed by atoms with Gasteiger partial charge in [-0.05, 0) is 37.1 Å². The third-order valence-electron chi connectivity index (χ3n) is 4.49. The smallest absolute Gasteiger partial charge is 0.311 e. The van der Waals surface area contributed by atoms with E-state index in [2.05, 4.69) is 25.1 Å². The van der Waals surface area contributed by atoms with Gasteiger partial charge >= 0.3 is 6.18 Å². The van der Waals surface area contributed by atoms with Crippen LogP contribution in [0.3, 0.4) is 0 Å². The number of carbonyl (C=O) groups is 1. The summed E-state index contributed by atoms with van der Waals surface area (Å²) in [5, 5.41) is 5.79. The topological polar surface area (TPSA) is 119 Å². The number of nitrogens with zero attached hydrogens (tertiary/aromatic N) is 4. The number of alkyl halides is 3. The van der Waals surface area contributed by atoms with Crippen molar-refractivity contribution in [1.82, 2.24) is 19.7 Å². The summed E-state index contributed by atoms with van der Waals surface area (Å²) in [5.74, 6) is -0.0407. The van der Waals surface area contributed by atoms with Crippen molar-refractivity contribution in [3.63, 3.8) is 0 Å². The van der Waals surface area contributed by atoms with E-state index in [0.717, 1.165) is 10.9 Å². The second-order valence-electron chi connectivity index (χ2n) is 6.99. The van der Waals surface area contributed by atoms with E-state index < -0.39 is 26.8 Å². The van der Waals surface area contributed by atoms with Crippen LogP contribution in [-0.2, 0) is 28.0 Å². The molecule has 3 aromatic rings. The number of pyridine rings is 2. The second-order valence-corrected chi connectivity index (χ2v) is 8.64. The number of nitrogens with one attached hydrogen (secondary N) is 2. The monoisotopic (exact) mass is 468 g/mol. The zero-order valence-electron chi connectivity index (χ0n) is 17.4. The van der Waals surface area contributed by atoms with Gasteiger partial charge in [0.2, 0.25) is 5.91 Å². The molecule has 0 spiro atoms. The summed E-state index contributed by atoms with van der Waals surface area (Å²) in [7, 11) is -3.44. The van der Waals surface area contributed by atoms with Crippen molar-refractivity contribution >= 4 is 27.4 Å². The van der Waals surface area contributed by atoms with Gasteiger partial charge in [-0.25, -0.2) is 13.4 Å². The molecule has 13 heteroatoms. The molecule has 0 saturated heterocycles. The fourth-order valence-corrected chi connectivity index (χ4v) is 4.45. The maximum absolute atomic E-state index is 13.3. The van der Waals surface area contributed by atoms with Gasteiger partial charge in [-0.2, -0.15) is 18.3 Å². The molecular weight excluding hydrogens is 449 g/mol. The maximum atomic E-state index is 13.3. The van der Waals surface area contributed by atoms with Crippen molar-refractivity contribution in [1.29, 1.82) is 0 Å². The molecule has 3 heterocycles. The largest absolute Gasteiger partial charge is 0.436 e. The van der Waals surface area contributed by atoms with Gasteiger partial charge in [-0.1, -0.05) is 0 Å². The molecule has 3 aromatic heterocycles. The minimum atomic E-state index is -4.95. The average Bonchev–Trinajstić information content (AvgIpc) is 3.08. The molecule has 2 N–H and O–H groups in total. The summed E-state index contributed by atoms with van der Waals surface area (Å²) in [5.41, 5.74) is 0.302. The van der Waals surface area contributed by atoms with Gasteiger partial charge in [0.05, 0.1) is 11.4 Å². The summed E-state index contributed by atoms with van der Waals surface area (Å²) in [6.07, 6.45) is -1.21. The molecule has 0 aliphatic heterocycles. The predicted molar refractivity (Wildman–Crippen MR) is 110 cm³/mol. The number of aryl methyl sites for hydroxylation is 2. The molecule has 1 amide bonds. The van der Waals surface area contributed by atoms with E-state index in [1.807, 2.05) is 0 Å². The van der Waals surface area contributed by atoms with Gasteiger partial charge in [0.25, 0.3) is 10.0 Å². The van der Waals surface area contributed by atoms with Gasteiger partial charge in [0.15, 0.2) is 5.69 Å². The van der Waals surface area contributed by atoms with Crippen LogP contribution >= 0.6 is 0 Å². The number of halogens is 3. The third kappa shape index (κ3) is 4.72. The molecule has 3 rings (SSSR count). The summed E-state index contributed by atoms with van der Waals surface area (Å²) in [4.78, 5) is 18.5. The Balaban J connectivity index is 2.07. The molecule has 0 radical (unpaired) electrons. The molecule has 170 valence electrons. The maximum Gasteiger partial charge on any atom is 0.436 e. The molecule has 0 aliphatic rings. The first-order valence-corrected chi connectivity index (χ1v) is 10.6. The van der Waals surface area contributed by atoms with Crippen molar-refractivity contribution in [2.45, 2.75) is 31.8 Å². The average molecular weight is 468 g/mol. The Morgan fingerprint density at radius 1 is 1.19 bits per heavy atom. The van der Waals surface area contributed by atoms with Crippen LogP contribution in [0, 0.1) is 13.8 Å². The first-order valence-electron chi connectivity index (χ1n) is 9.13. The molecule has 32 heavy (non-hydrogen) atoms. The number of hydrogen-bond acceptors (Lipinski definition) is 6. The van der Waals surface area contributed by atoms with Crippen LogP contribution in [0.5, 0.6) is 0 Å². The van der Waals surface area contributed by atoms with Gasteiger partial charge in [0, 0.05) is 38.1 Å². The van der Waals surface area contributed by atoms with E-state index in [4.69, 9.17) is 0 Å². The molecule has 0 unspecified atom stereocenters. The lowest BCUT2D eigenvalue weighted by atomic mass is 10.0. The first kappa shape index (κ1) is 23.2. The van der Waals surface area contributed by atoms with Crippen molar-refractivity contribution in [3.8, 4) is 11.1 Å². The van der Waals surface area contributed by atoms with Crippen LogP contribution in [-0.4, -0.2) is 34.1 Å². The number of amides is 1. The lowest BCUT2D eigenvalue weighted by molar-refractivity contribution is -0.143. The van der Waals surface area contributed by atoms with Crippen LogP contribution in [0.25, 0.3) is 11.1 Å². The normalized spacial score (nSPS) is 12.0. The third-order valence-corrected chi connectivity index (χ3v) is 5.84. The Labute approximate surface area is 181 Å². The highest BCUT2D eigenvalue weighted by Gasteiger charge is 2.41. The fraction of sp³-hybridized carbons (Fsp3) is 0.263. The Kier molecular flexibility index (Phi) is 5.96. The number of rotatable bonds is 5. The van der Waals surface area contributed by atoms with Crippen LogP contribution in [0.4, 0.5) is 24.7 Å². The second kappa shape index (κ2) is 8.22. The Morgan fingerprint density at radius 2 is 1.88 bits per heavy atom. The van der Waals surface area contributed by atoms with Crippen molar-refractivity contribution < 1.29 is 26.4 Å². The van der Waals surface area contributed by atoms with Gasteiger partial charge < -0.3 is 5.32 Å². The quantitative estimate of drug-likeness (QED) is 0.593. The zero-order chi connectivity index (χ0) is 23.8. The number of anilines is 2. The van der Waals surface area contributed by atoms with Crippen LogP contribution in [0.2, 0.25) is 0 Å². The van der Waals surface area contributed by atoms with E-state index >= 15 is 0 Å². The molecular formula is C19H19F3N6O3S. The summed E-state index contributed by atoms with van der Waals surface area (Å²) in [6, 6.07) is 3.20.